The summed E-state index contributed by atoms with van der Waals surface area (Å²) in [4.78, 5) is 0. The van der Waals surface area contributed by atoms with Crippen LogP contribution in [0.15, 0.2) is 18.2 Å². The number of hydrogen-bond acceptors (Lipinski definition) is 1. The Kier molecular flexibility index (Phi) is 6.04. The van der Waals surface area contributed by atoms with Gasteiger partial charge in [-0.1, -0.05) is 24.6 Å². The third-order valence-corrected chi connectivity index (χ3v) is 2.79. The highest BCUT2D eigenvalue weighted by Gasteiger charge is 2.14. The van der Waals surface area contributed by atoms with Gasteiger partial charge in [0.25, 0.3) is 0 Å². The van der Waals surface area contributed by atoms with Crippen molar-refractivity contribution >= 4 is 11.6 Å². The maximum absolute atomic E-state index is 13.8. The van der Waals surface area contributed by atoms with E-state index in [0.717, 1.165) is 19.4 Å². The number of terminal acetylenes is 1. The van der Waals surface area contributed by atoms with Gasteiger partial charge in [0.1, 0.15) is 5.82 Å². The van der Waals surface area contributed by atoms with Crippen LogP contribution in [-0.2, 0) is 0 Å². The first kappa shape index (κ1) is 14.0. The minimum Gasteiger partial charge on any atom is -0.310 e. The van der Waals surface area contributed by atoms with Gasteiger partial charge in [-0.05, 0) is 31.5 Å². The smallest absolute Gasteiger partial charge is 0.129 e. The summed E-state index contributed by atoms with van der Waals surface area (Å²) >= 11 is 5.74. The van der Waals surface area contributed by atoms with E-state index >= 15 is 0 Å². The maximum atomic E-state index is 13.8. The molecule has 0 bridgehead atoms. The first-order chi connectivity index (χ1) is 8.19. The molecule has 1 nitrogen and oxygen atoms in total. The molecule has 0 saturated heterocycles. The van der Waals surface area contributed by atoms with Crippen LogP contribution in [-0.4, -0.2) is 6.54 Å². The van der Waals surface area contributed by atoms with Crippen molar-refractivity contribution in [2.75, 3.05) is 6.54 Å². The minimum absolute atomic E-state index is 0.0386. The SMILES string of the molecule is C#CCCC(NCCC)c1ccc(Cl)cc1F. The molecule has 0 saturated carbocycles. The second-order valence-electron chi connectivity index (χ2n) is 3.92. The minimum atomic E-state index is -0.275. The Morgan fingerprint density at radius 1 is 1.53 bits per heavy atom. The normalized spacial score (nSPS) is 12.1. The van der Waals surface area contributed by atoms with Crippen LogP contribution in [0.3, 0.4) is 0 Å². The molecule has 92 valence electrons. The molecule has 0 aliphatic rings. The van der Waals surface area contributed by atoms with Crippen molar-refractivity contribution in [2.45, 2.75) is 32.2 Å². The van der Waals surface area contributed by atoms with E-state index in [-0.39, 0.29) is 11.9 Å². The van der Waals surface area contributed by atoms with Gasteiger partial charge in [0.2, 0.25) is 0 Å². The average Bonchev–Trinajstić information content (AvgIpc) is 2.30. The van der Waals surface area contributed by atoms with Crippen molar-refractivity contribution in [1.82, 2.24) is 5.32 Å². The van der Waals surface area contributed by atoms with E-state index in [0.29, 0.717) is 17.0 Å². The first-order valence-corrected chi connectivity index (χ1v) is 6.18. The number of hydrogen-bond donors (Lipinski definition) is 1. The van der Waals surface area contributed by atoms with Gasteiger partial charge >= 0.3 is 0 Å². The lowest BCUT2D eigenvalue weighted by atomic mass is 10.0. The molecule has 0 aliphatic heterocycles. The summed E-state index contributed by atoms with van der Waals surface area (Å²) in [7, 11) is 0. The van der Waals surface area contributed by atoms with Gasteiger partial charge in [-0.25, -0.2) is 4.39 Å². The molecule has 0 fully saturated rings. The topological polar surface area (TPSA) is 12.0 Å². The zero-order valence-corrected chi connectivity index (χ0v) is 10.7. The monoisotopic (exact) mass is 253 g/mol. The molecule has 1 N–H and O–H groups in total. The predicted octanol–water partition coefficient (Wildman–Crippen LogP) is 3.93. The molecule has 0 aliphatic carbocycles. The molecule has 0 spiro atoms. The molecule has 1 unspecified atom stereocenters. The summed E-state index contributed by atoms with van der Waals surface area (Å²) in [6, 6.07) is 4.73. The van der Waals surface area contributed by atoms with E-state index in [4.69, 9.17) is 18.0 Å². The molecule has 1 atom stereocenters. The fraction of sp³-hybridized carbons (Fsp3) is 0.429. The van der Waals surface area contributed by atoms with Gasteiger partial charge in [0, 0.05) is 23.0 Å². The van der Waals surface area contributed by atoms with E-state index in [9.17, 15) is 4.39 Å². The molecular weight excluding hydrogens is 237 g/mol. The zero-order valence-electron chi connectivity index (χ0n) is 9.97. The van der Waals surface area contributed by atoms with Crippen LogP contribution in [0.25, 0.3) is 0 Å². The number of nitrogens with one attached hydrogen (secondary N) is 1. The maximum Gasteiger partial charge on any atom is 0.129 e. The molecule has 0 aromatic heterocycles. The van der Waals surface area contributed by atoms with E-state index < -0.39 is 0 Å². The van der Waals surface area contributed by atoms with Crippen molar-refractivity contribution in [1.29, 1.82) is 0 Å². The van der Waals surface area contributed by atoms with E-state index in [1.165, 1.54) is 6.07 Å². The molecule has 1 rings (SSSR count). The molecule has 0 amide bonds. The average molecular weight is 254 g/mol. The molecule has 1 aromatic carbocycles. The van der Waals surface area contributed by atoms with Gasteiger partial charge in [0.15, 0.2) is 0 Å². The van der Waals surface area contributed by atoms with Crippen molar-refractivity contribution < 1.29 is 4.39 Å². The van der Waals surface area contributed by atoms with Crippen LogP contribution < -0.4 is 5.32 Å². The van der Waals surface area contributed by atoms with Crippen molar-refractivity contribution in [3.63, 3.8) is 0 Å². The van der Waals surface area contributed by atoms with Gasteiger partial charge in [-0.3, -0.25) is 0 Å². The van der Waals surface area contributed by atoms with Crippen molar-refractivity contribution in [2.24, 2.45) is 0 Å². The van der Waals surface area contributed by atoms with Crippen LogP contribution in [0.4, 0.5) is 4.39 Å². The van der Waals surface area contributed by atoms with Crippen LogP contribution >= 0.6 is 11.6 Å². The number of halogens is 2. The van der Waals surface area contributed by atoms with Crippen molar-refractivity contribution in [3.8, 4) is 12.3 Å². The summed E-state index contributed by atoms with van der Waals surface area (Å²) < 4.78 is 13.8. The number of rotatable bonds is 6. The third-order valence-electron chi connectivity index (χ3n) is 2.56. The Labute approximate surface area is 107 Å². The summed E-state index contributed by atoms with van der Waals surface area (Å²) in [6.07, 6.45) is 7.61. The van der Waals surface area contributed by atoms with Crippen molar-refractivity contribution in [3.05, 3.63) is 34.6 Å². The van der Waals surface area contributed by atoms with Gasteiger partial charge in [-0.15, -0.1) is 12.3 Å². The van der Waals surface area contributed by atoms with Crippen LogP contribution in [0, 0.1) is 18.2 Å². The Hall–Kier alpha value is -1.04. The summed E-state index contributed by atoms with van der Waals surface area (Å²) in [5, 5.41) is 3.72. The Morgan fingerprint density at radius 2 is 2.29 bits per heavy atom. The Balaban J connectivity index is 2.83. The highest BCUT2D eigenvalue weighted by atomic mass is 35.5. The number of benzene rings is 1. The van der Waals surface area contributed by atoms with Gasteiger partial charge in [-0.2, -0.15) is 0 Å². The highest BCUT2D eigenvalue weighted by Crippen LogP contribution is 2.24. The lowest BCUT2D eigenvalue weighted by Gasteiger charge is -2.18. The fourth-order valence-electron chi connectivity index (χ4n) is 1.70. The zero-order chi connectivity index (χ0) is 12.7. The lowest BCUT2D eigenvalue weighted by molar-refractivity contribution is 0.478. The molecule has 3 heteroatoms. The molecular formula is C14H17ClFN. The second kappa shape index (κ2) is 7.32. The molecule has 17 heavy (non-hydrogen) atoms. The lowest BCUT2D eigenvalue weighted by Crippen LogP contribution is -2.23. The highest BCUT2D eigenvalue weighted by molar-refractivity contribution is 6.30. The summed E-state index contributed by atoms with van der Waals surface area (Å²) in [5.41, 5.74) is 0.637. The Bertz CT molecular complexity index is 398. The first-order valence-electron chi connectivity index (χ1n) is 5.80. The van der Waals surface area contributed by atoms with Gasteiger partial charge in [0.05, 0.1) is 0 Å². The second-order valence-corrected chi connectivity index (χ2v) is 4.35. The quantitative estimate of drug-likeness (QED) is 0.758. The summed E-state index contributed by atoms with van der Waals surface area (Å²) in [6.45, 7) is 2.92. The van der Waals surface area contributed by atoms with Crippen LogP contribution in [0.2, 0.25) is 5.02 Å². The summed E-state index contributed by atoms with van der Waals surface area (Å²) in [5.74, 6) is 2.31. The van der Waals surface area contributed by atoms with E-state index in [1.807, 2.05) is 0 Å². The van der Waals surface area contributed by atoms with Crippen LogP contribution in [0.1, 0.15) is 37.8 Å². The Morgan fingerprint density at radius 3 is 2.88 bits per heavy atom. The fourth-order valence-corrected chi connectivity index (χ4v) is 1.86. The largest absolute Gasteiger partial charge is 0.310 e. The van der Waals surface area contributed by atoms with Crippen LogP contribution in [0.5, 0.6) is 0 Å². The predicted molar refractivity (Wildman–Crippen MR) is 70.5 cm³/mol. The molecule has 0 radical (unpaired) electrons. The molecule has 0 heterocycles. The van der Waals surface area contributed by atoms with Gasteiger partial charge < -0.3 is 5.32 Å². The standard InChI is InChI=1S/C14H17ClFN/c1-3-5-6-14(17-9-4-2)12-8-7-11(15)10-13(12)16/h1,7-8,10,14,17H,4-6,9H2,2H3. The van der Waals surface area contributed by atoms with E-state index in [2.05, 4.69) is 18.2 Å². The van der Waals surface area contributed by atoms with E-state index in [1.54, 1.807) is 12.1 Å². The molecule has 1 aromatic rings. The third kappa shape index (κ3) is 4.38.